The first-order valence-corrected chi connectivity index (χ1v) is 11.3. The predicted octanol–water partition coefficient (Wildman–Crippen LogP) is 4.21. The molecule has 0 saturated carbocycles. The van der Waals surface area contributed by atoms with Crippen LogP contribution in [0.5, 0.6) is 0 Å². The van der Waals surface area contributed by atoms with Gasteiger partial charge in [-0.3, -0.25) is 4.79 Å². The lowest BCUT2D eigenvalue weighted by Gasteiger charge is -2.28. The molecule has 0 spiro atoms. The number of amides is 2. The number of hydrogen-bond donors (Lipinski definition) is 2. The highest BCUT2D eigenvalue weighted by Gasteiger charge is 2.38. The van der Waals surface area contributed by atoms with Crippen molar-refractivity contribution < 1.29 is 29.0 Å². The molecule has 0 aromatic carbocycles. The average Bonchev–Trinajstić information content (AvgIpc) is 3.27. The number of nitrogens with one attached hydrogen (secondary N) is 1. The van der Waals surface area contributed by atoms with E-state index < -0.39 is 40.9 Å². The Kier molecular flexibility index (Phi) is 7.24. The number of pyridine rings is 1. The first-order valence-electron chi connectivity index (χ1n) is 11.3. The fourth-order valence-electron chi connectivity index (χ4n) is 3.19. The normalized spacial score (nSPS) is 11.6. The molecule has 196 valence electrons. The summed E-state index contributed by atoms with van der Waals surface area (Å²) in [6, 6.07) is 6.12. The van der Waals surface area contributed by atoms with E-state index >= 15 is 0 Å². The minimum Gasteiger partial charge on any atom is -0.476 e. The second-order valence-corrected chi connectivity index (χ2v) is 10.1. The van der Waals surface area contributed by atoms with Crippen molar-refractivity contribution in [2.45, 2.75) is 52.7 Å². The minimum absolute atomic E-state index is 0.104. The van der Waals surface area contributed by atoms with Gasteiger partial charge in [-0.15, -0.1) is 0 Å². The van der Waals surface area contributed by atoms with Crippen LogP contribution in [0.1, 0.15) is 52.0 Å². The van der Waals surface area contributed by atoms with Crippen molar-refractivity contribution >= 4 is 24.0 Å². The van der Waals surface area contributed by atoms with Crippen molar-refractivity contribution in [3.63, 3.8) is 0 Å². The van der Waals surface area contributed by atoms with E-state index in [1.165, 1.54) is 29.9 Å². The number of nitrogens with zero attached hydrogens (tertiary/aromatic N) is 4. The summed E-state index contributed by atoms with van der Waals surface area (Å²) in [6.07, 6.45) is 0.715. The molecule has 3 aromatic heterocycles. The maximum absolute atomic E-state index is 13.2. The van der Waals surface area contributed by atoms with E-state index in [2.05, 4.69) is 15.0 Å². The van der Waals surface area contributed by atoms with Crippen LogP contribution in [0.4, 0.5) is 15.4 Å². The molecular formula is C25H29N5O7. The molecule has 0 bridgehead atoms. The van der Waals surface area contributed by atoms with Crippen LogP contribution >= 0.6 is 0 Å². The Balaban J connectivity index is 2.35. The number of H-pyrrole nitrogens is 1. The molecule has 3 heterocycles. The van der Waals surface area contributed by atoms with Crippen molar-refractivity contribution in [1.29, 1.82) is 0 Å². The lowest BCUT2D eigenvalue weighted by atomic mass is 10.1. The van der Waals surface area contributed by atoms with Crippen molar-refractivity contribution in [2.24, 2.45) is 7.05 Å². The molecule has 0 radical (unpaired) electrons. The van der Waals surface area contributed by atoms with Gasteiger partial charge in [0.05, 0.1) is 5.69 Å². The maximum atomic E-state index is 13.2. The fraction of sp³-hybridized carbons (Fsp3) is 0.360. The van der Waals surface area contributed by atoms with Gasteiger partial charge in [-0.25, -0.2) is 24.4 Å². The largest absolute Gasteiger partial charge is 0.476 e. The number of aromatic carboxylic acids is 1. The topological polar surface area (TPSA) is 157 Å². The number of imide groups is 1. The number of anilines is 1. The molecule has 37 heavy (non-hydrogen) atoms. The Hall–Kier alpha value is -4.48. The van der Waals surface area contributed by atoms with Gasteiger partial charge in [0.1, 0.15) is 22.6 Å². The van der Waals surface area contributed by atoms with E-state index in [1.807, 2.05) is 0 Å². The average molecular weight is 512 g/mol. The summed E-state index contributed by atoms with van der Waals surface area (Å²) in [7, 11) is 1.53. The molecular weight excluding hydrogens is 482 g/mol. The number of aromatic nitrogens is 4. The standard InChI is InChI=1S/C25H29N5O7/c1-24(2,3)36-22(34)30(23(35)37-25(4,5)6)20-19(21(32)33)27-17(14-10-11-16(31)29(7)13-14)18(28-20)15-9-8-12-26-15/h8-13,26H,1-7H3,(H,32,33). The fourth-order valence-corrected chi connectivity index (χ4v) is 3.19. The van der Waals surface area contributed by atoms with E-state index in [1.54, 1.807) is 59.9 Å². The highest BCUT2D eigenvalue weighted by atomic mass is 16.6. The summed E-state index contributed by atoms with van der Waals surface area (Å²) >= 11 is 0. The van der Waals surface area contributed by atoms with Gasteiger partial charge in [-0.2, -0.15) is 4.90 Å². The molecule has 0 saturated heterocycles. The smallest absolute Gasteiger partial charge is 0.425 e. The number of carbonyl (C=O) groups excluding carboxylic acids is 2. The van der Waals surface area contributed by atoms with Crippen LogP contribution in [0.3, 0.4) is 0 Å². The number of hydrogen-bond acceptors (Lipinski definition) is 8. The number of carboxylic acid groups (broad SMARTS) is 1. The molecule has 2 amide bonds. The van der Waals surface area contributed by atoms with Gasteiger partial charge >= 0.3 is 18.2 Å². The molecule has 12 nitrogen and oxygen atoms in total. The molecule has 0 unspecified atom stereocenters. The van der Waals surface area contributed by atoms with Gasteiger partial charge in [-0.05, 0) is 59.7 Å². The highest BCUT2D eigenvalue weighted by Crippen LogP contribution is 2.33. The van der Waals surface area contributed by atoms with Gasteiger partial charge in [0.15, 0.2) is 11.5 Å². The zero-order valence-electron chi connectivity index (χ0n) is 21.6. The van der Waals surface area contributed by atoms with E-state index in [9.17, 15) is 24.3 Å². The van der Waals surface area contributed by atoms with Crippen molar-refractivity contribution in [2.75, 3.05) is 4.90 Å². The summed E-state index contributed by atoms with van der Waals surface area (Å²) in [5, 5.41) is 10.0. The van der Waals surface area contributed by atoms with Gasteiger partial charge in [0.2, 0.25) is 5.56 Å². The predicted molar refractivity (Wildman–Crippen MR) is 134 cm³/mol. The summed E-state index contributed by atoms with van der Waals surface area (Å²) in [6.45, 7) is 9.55. The van der Waals surface area contributed by atoms with Crippen LogP contribution in [0.2, 0.25) is 0 Å². The summed E-state index contributed by atoms with van der Waals surface area (Å²) in [4.78, 5) is 62.8. The number of rotatable bonds is 4. The number of ether oxygens (including phenoxy) is 2. The Bertz CT molecular complexity index is 1370. The molecule has 3 rings (SSSR count). The van der Waals surface area contributed by atoms with Gasteiger partial charge < -0.3 is 24.1 Å². The molecule has 3 aromatic rings. The summed E-state index contributed by atoms with van der Waals surface area (Å²) < 4.78 is 12.1. The quantitative estimate of drug-likeness (QED) is 0.523. The van der Waals surface area contributed by atoms with Crippen molar-refractivity contribution in [3.8, 4) is 22.6 Å². The van der Waals surface area contributed by atoms with Crippen LogP contribution in [0.15, 0.2) is 41.5 Å². The molecule has 0 aliphatic rings. The van der Waals surface area contributed by atoms with Crippen LogP contribution in [0, 0.1) is 0 Å². The molecule has 0 fully saturated rings. The van der Waals surface area contributed by atoms with Crippen LogP contribution in [-0.2, 0) is 16.5 Å². The Labute approximate surface area is 212 Å². The number of aromatic amines is 1. The second kappa shape index (κ2) is 9.88. The minimum atomic E-state index is -1.55. The molecule has 0 aliphatic heterocycles. The second-order valence-electron chi connectivity index (χ2n) is 10.1. The third-order valence-electron chi connectivity index (χ3n) is 4.66. The van der Waals surface area contributed by atoms with Crippen LogP contribution < -0.4 is 10.5 Å². The summed E-state index contributed by atoms with van der Waals surface area (Å²) in [5.74, 6) is -2.14. The van der Waals surface area contributed by atoms with Crippen molar-refractivity contribution in [1.82, 2.24) is 19.5 Å². The number of carboxylic acids is 1. The van der Waals surface area contributed by atoms with Crippen LogP contribution in [0.25, 0.3) is 22.6 Å². The van der Waals surface area contributed by atoms with E-state index in [4.69, 9.17) is 9.47 Å². The number of aryl methyl sites for hydroxylation is 1. The molecule has 2 N–H and O–H groups in total. The Morgan fingerprint density at radius 3 is 2.00 bits per heavy atom. The van der Waals surface area contributed by atoms with E-state index in [-0.39, 0.29) is 16.9 Å². The monoisotopic (exact) mass is 511 g/mol. The van der Waals surface area contributed by atoms with E-state index in [0.717, 1.165) is 0 Å². The first-order chi connectivity index (χ1) is 17.1. The SMILES string of the molecule is Cn1cc(-c2nc(C(=O)O)c(N(C(=O)OC(C)(C)C)C(=O)OC(C)(C)C)nc2-c2ccc[nH]2)ccc1=O. The molecule has 0 atom stereocenters. The zero-order chi connectivity index (χ0) is 27.7. The Morgan fingerprint density at radius 1 is 0.946 bits per heavy atom. The maximum Gasteiger partial charge on any atom is 0.425 e. The number of carbonyl (C=O) groups is 3. The Morgan fingerprint density at radius 2 is 1.54 bits per heavy atom. The van der Waals surface area contributed by atoms with Crippen LogP contribution in [-0.4, -0.2) is 54.0 Å². The van der Waals surface area contributed by atoms with Gasteiger partial charge in [0, 0.05) is 31.1 Å². The third-order valence-corrected chi connectivity index (χ3v) is 4.66. The molecule has 12 heteroatoms. The highest BCUT2D eigenvalue weighted by molar-refractivity contribution is 6.12. The van der Waals surface area contributed by atoms with Gasteiger partial charge in [0.25, 0.3) is 0 Å². The van der Waals surface area contributed by atoms with Gasteiger partial charge in [-0.1, -0.05) is 0 Å². The third kappa shape index (κ3) is 6.40. The lowest BCUT2D eigenvalue weighted by molar-refractivity contribution is 0.0428. The zero-order valence-corrected chi connectivity index (χ0v) is 21.6. The van der Waals surface area contributed by atoms with E-state index in [0.29, 0.717) is 16.2 Å². The lowest BCUT2D eigenvalue weighted by Crippen LogP contribution is -2.45. The van der Waals surface area contributed by atoms with Crippen molar-refractivity contribution in [3.05, 3.63) is 52.7 Å². The first kappa shape index (κ1) is 27.1. The molecule has 0 aliphatic carbocycles. The summed E-state index contributed by atoms with van der Waals surface area (Å²) in [5.41, 5.74) is -1.99.